The van der Waals surface area contributed by atoms with E-state index < -0.39 is 12.8 Å². The third-order valence-electron chi connectivity index (χ3n) is 2.58. The Morgan fingerprint density at radius 3 is 2.73 bits per heavy atom. The zero-order valence-corrected chi connectivity index (χ0v) is 11.4. The number of carbonyl (C=O) groups is 1. The van der Waals surface area contributed by atoms with Gasteiger partial charge in [0, 0.05) is 18.9 Å². The Morgan fingerprint density at radius 1 is 1.32 bits per heavy atom. The molecule has 0 aliphatic carbocycles. The number of alkyl halides is 3. The number of pyridine rings is 1. The number of ether oxygens (including phenoxy) is 1. The minimum Gasteiger partial charge on any atom is -0.469 e. The third-order valence-corrected chi connectivity index (χ3v) is 2.58. The van der Waals surface area contributed by atoms with Gasteiger partial charge in [-0.25, -0.2) is 4.98 Å². The monoisotopic (exact) mass is 314 g/mol. The highest BCUT2D eigenvalue weighted by Gasteiger charge is 2.28. The van der Waals surface area contributed by atoms with Crippen LogP contribution in [0.25, 0.3) is 0 Å². The standard InChI is InChI=1S/C14H13F3N2O3/c15-14(16,17)9-22-13-6-3-10(8-18-13)19-12(20)5-4-11-2-1-7-21-11/h1-3,6-8H,4-5,9H2,(H,19,20). The molecule has 0 atom stereocenters. The molecule has 2 rings (SSSR count). The van der Waals surface area contributed by atoms with E-state index in [0.717, 1.165) is 0 Å². The van der Waals surface area contributed by atoms with Gasteiger partial charge in [0.2, 0.25) is 11.8 Å². The first kappa shape index (κ1) is 15.9. The van der Waals surface area contributed by atoms with E-state index in [1.54, 1.807) is 12.1 Å². The zero-order valence-electron chi connectivity index (χ0n) is 11.4. The molecule has 0 saturated heterocycles. The molecule has 0 bridgehead atoms. The lowest BCUT2D eigenvalue weighted by molar-refractivity contribution is -0.154. The van der Waals surface area contributed by atoms with Crippen molar-refractivity contribution in [1.82, 2.24) is 4.98 Å². The second-order valence-electron chi connectivity index (χ2n) is 4.42. The van der Waals surface area contributed by atoms with Crippen LogP contribution in [0.3, 0.4) is 0 Å². The third kappa shape index (κ3) is 5.47. The van der Waals surface area contributed by atoms with Crippen LogP contribution in [-0.4, -0.2) is 23.7 Å². The minimum atomic E-state index is -4.42. The lowest BCUT2D eigenvalue weighted by Gasteiger charge is -2.09. The van der Waals surface area contributed by atoms with Gasteiger partial charge >= 0.3 is 6.18 Å². The van der Waals surface area contributed by atoms with Gasteiger partial charge in [0.1, 0.15) is 5.76 Å². The van der Waals surface area contributed by atoms with Crippen molar-refractivity contribution in [2.24, 2.45) is 0 Å². The molecule has 0 aliphatic heterocycles. The number of furan rings is 1. The molecule has 118 valence electrons. The van der Waals surface area contributed by atoms with Crippen LogP contribution in [0.2, 0.25) is 0 Å². The van der Waals surface area contributed by atoms with Crippen molar-refractivity contribution in [2.75, 3.05) is 11.9 Å². The van der Waals surface area contributed by atoms with Gasteiger partial charge in [-0.05, 0) is 18.2 Å². The first-order chi connectivity index (χ1) is 10.4. The first-order valence-corrected chi connectivity index (χ1v) is 6.40. The predicted octanol–water partition coefficient (Wildman–Crippen LogP) is 3.19. The smallest absolute Gasteiger partial charge is 0.422 e. The van der Waals surface area contributed by atoms with Crippen LogP contribution in [-0.2, 0) is 11.2 Å². The number of nitrogens with one attached hydrogen (secondary N) is 1. The molecule has 0 unspecified atom stereocenters. The lowest BCUT2D eigenvalue weighted by atomic mass is 10.2. The number of anilines is 1. The Labute approximate surface area is 124 Å². The van der Waals surface area contributed by atoms with Crippen LogP contribution in [0.5, 0.6) is 5.88 Å². The minimum absolute atomic E-state index is 0.161. The number of nitrogens with zero attached hydrogens (tertiary/aromatic N) is 1. The Balaban J connectivity index is 1.79. The van der Waals surface area contributed by atoms with Crippen molar-refractivity contribution in [3.63, 3.8) is 0 Å². The second kappa shape index (κ2) is 6.97. The highest BCUT2D eigenvalue weighted by molar-refractivity contribution is 5.90. The molecule has 1 N–H and O–H groups in total. The molecule has 0 spiro atoms. The highest BCUT2D eigenvalue weighted by Crippen LogP contribution is 2.18. The molecule has 1 amide bonds. The van der Waals surface area contributed by atoms with Crippen LogP contribution < -0.4 is 10.1 Å². The number of aromatic nitrogens is 1. The summed E-state index contributed by atoms with van der Waals surface area (Å²) in [7, 11) is 0. The molecular weight excluding hydrogens is 301 g/mol. The molecule has 0 fully saturated rings. The quantitative estimate of drug-likeness (QED) is 0.889. The Bertz CT molecular complexity index is 595. The topological polar surface area (TPSA) is 64.4 Å². The summed E-state index contributed by atoms with van der Waals surface area (Å²) in [6.45, 7) is -1.41. The van der Waals surface area contributed by atoms with Crippen molar-refractivity contribution in [3.05, 3.63) is 42.5 Å². The van der Waals surface area contributed by atoms with Gasteiger partial charge in [-0.2, -0.15) is 13.2 Å². The van der Waals surface area contributed by atoms with Crippen LogP contribution in [0.15, 0.2) is 41.1 Å². The summed E-state index contributed by atoms with van der Waals surface area (Å²) in [4.78, 5) is 15.4. The Kier molecular flexibility index (Phi) is 5.03. The summed E-state index contributed by atoms with van der Waals surface area (Å²) in [6.07, 6.45) is -0.980. The fourth-order valence-electron chi connectivity index (χ4n) is 1.61. The second-order valence-corrected chi connectivity index (χ2v) is 4.42. The predicted molar refractivity (Wildman–Crippen MR) is 71.4 cm³/mol. The molecule has 8 heteroatoms. The maximum Gasteiger partial charge on any atom is 0.422 e. The van der Waals surface area contributed by atoms with Crippen LogP contribution in [0, 0.1) is 0 Å². The van der Waals surface area contributed by atoms with E-state index in [4.69, 9.17) is 4.42 Å². The molecule has 2 heterocycles. The van der Waals surface area contributed by atoms with E-state index in [2.05, 4.69) is 15.0 Å². The zero-order chi connectivity index (χ0) is 16.0. The maximum atomic E-state index is 12.0. The van der Waals surface area contributed by atoms with Crippen LogP contribution >= 0.6 is 0 Å². The average molecular weight is 314 g/mol. The SMILES string of the molecule is O=C(CCc1ccco1)Nc1ccc(OCC(F)(F)F)nc1. The normalized spacial score (nSPS) is 11.2. The number of amides is 1. The summed E-state index contributed by atoms with van der Waals surface area (Å²) in [5, 5.41) is 2.58. The van der Waals surface area contributed by atoms with Crippen molar-refractivity contribution >= 4 is 11.6 Å². The molecule has 0 aliphatic rings. The van der Waals surface area contributed by atoms with E-state index in [1.165, 1.54) is 24.6 Å². The Morgan fingerprint density at radius 2 is 2.14 bits per heavy atom. The Hall–Kier alpha value is -2.51. The molecular formula is C14H13F3N2O3. The van der Waals surface area contributed by atoms with Gasteiger partial charge in [-0.3, -0.25) is 4.79 Å². The molecule has 2 aromatic rings. The van der Waals surface area contributed by atoms with Crippen molar-refractivity contribution < 1.29 is 27.1 Å². The number of hydrogen-bond donors (Lipinski definition) is 1. The summed E-state index contributed by atoms with van der Waals surface area (Å²) in [5.41, 5.74) is 0.379. The average Bonchev–Trinajstić information content (AvgIpc) is 2.97. The number of carbonyl (C=O) groups excluding carboxylic acids is 1. The summed E-state index contributed by atoms with van der Waals surface area (Å²) < 4.78 is 45.5. The van der Waals surface area contributed by atoms with Gasteiger partial charge in [0.25, 0.3) is 0 Å². The van der Waals surface area contributed by atoms with Gasteiger partial charge in [0.05, 0.1) is 18.1 Å². The lowest BCUT2D eigenvalue weighted by Crippen LogP contribution is -2.19. The summed E-state index contributed by atoms with van der Waals surface area (Å²) >= 11 is 0. The van der Waals surface area contributed by atoms with E-state index in [1.807, 2.05) is 0 Å². The fourth-order valence-corrected chi connectivity index (χ4v) is 1.61. The summed E-state index contributed by atoms with van der Waals surface area (Å²) in [5.74, 6) is 0.289. The molecule has 2 aromatic heterocycles. The van der Waals surface area contributed by atoms with E-state index in [-0.39, 0.29) is 18.2 Å². The number of rotatable bonds is 6. The van der Waals surface area contributed by atoms with Crippen molar-refractivity contribution in [3.8, 4) is 5.88 Å². The van der Waals surface area contributed by atoms with Crippen molar-refractivity contribution in [2.45, 2.75) is 19.0 Å². The molecule has 0 aromatic carbocycles. The van der Waals surface area contributed by atoms with Gasteiger partial charge in [-0.15, -0.1) is 0 Å². The van der Waals surface area contributed by atoms with E-state index in [0.29, 0.717) is 17.9 Å². The van der Waals surface area contributed by atoms with E-state index in [9.17, 15) is 18.0 Å². The number of hydrogen-bond acceptors (Lipinski definition) is 4. The summed E-state index contributed by atoms with van der Waals surface area (Å²) in [6, 6.07) is 6.18. The molecule has 0 radical (unpaired) electrons. The van der Waals surface area contributed by atoms with Crippen molar-refractivity contribution in [1.29, 1.82) is 0 Å². The largest absolute Gasteiger partial charge is 0.469 e. The number of halogens is 3. The van der Waals surface area contributed by atoms with Gasteiger partial charge in [-0.1, -0.05) is 0 Å². The molecule has 5 nitrogen and oxygen atoms in total. The van der Waals surface area contributed by atoms with Crippen LogP contribution in [0.1, 0.15) is 12.2 Å². The van der Waals surface area contributed by atoms with E-state index >= 15 is 0 Å². The molecule has 0 saturated carbocycles. The molecule has 22 heavy (non-hydrogen) atoms. The fraction of sp³-hybridized carbons (Fsp3) is 0.286. The van der Waals surface area contributed by atoms with Gasteiger partial charge < -0.3 is 14.5 Å². The maximum absolute atomic E-state index is 12.0. The van der Waals surface area contributed by atoms with Gasteiger partial charge in [0.15, 0.2) is 6.61 Å². The highest BCUT2D eigenvalue weighted by atomic mass is 19.4. The van der Waals surface area contributed by atoms with Crippen LogP contribution in [0.4, 0.5) is 18.9 Å². The number of aryl methyl sites for hydroxylation is 1. The first-order valence-electron chi connectivity index (χ1n) is 6.40.